The van der Waals surface area contributed by atoms with Crippen molar-refractivity contribution in [3.05, 3.63) is 107 Å². The van der Waals surface area contributed by atoms with Crippen molar-refractivity contribution in [2.75, 3.05) is 0 Å². The summed E-state index contributed by atoms with van der Waals surface area (Å²) in [4.78, 5) is 17.3. The Morgan fingerprint density at radius 3 is 2.80 bits per heavy atom. The highest BCUT2D eigenvalue weighted by Gasteiger charge is 2.22. The maximum Gasteiger partial charge on any atom is 0.255 e. The molecule has 2 heterocycles. The van der Waals surface area contributed by atoms with Crippen molar-refractivity contribution in [1.29, 1.82) is 0 Å². The Hall–Kier alpha value is -3.45. The summed E-state index contributed by atoms with van der Waals surface area (Å²) in [6, 6.07) is 13.0. The van der Waals surface area contributed by atoms with Crippen molar-refractivity contribution in [3.63, 3.8) is 0 Å². The minimum absolute atomic E-state index is 0.335. The maximum atomic E-state index is 13.8. The molecule has 6 nitrogen and oxygen atoms in total. The van der Waals surface area contributed by atoms with Gasteiger partial charge in [0.1, 0.15) is 17.7 Å². The molecule has 8 heteroatoms. The van der Waals surface area contributed by atoms with Crippen LogP contribution < -0.4 is 5.32 Å². The largest absolute Gasteiger partial charge is 0.338 e. The number of nitrogens with one attached hydrogen (secondary N) is 1. The van der Waals surface area contributed by atoms with Crippen molar-refractivity contribution in [3.8, 4) is 0 Å². The molecule has 4 rings (SSSR count). The molecule has 1 unspecified atom stereocenters. The van der Waals surface area contributed by atoms with Crippen LogP contribution in [0.1, 0.15) is 33.4 Å². The highest BCUT2D eigenvalue weighted by Crippen LogP contribution is 2.22. The molecule has 0 aliphatic carbocycles. The SMILES string of the molecule is Cn1ccnc1C(NC(=O)c1cnn(Cc2ccccc2Cl)c1)c1cccc(F)c1. The number of amides is 1. The zero-order chi connectivity index (χ0) is 21.1. The zero-order valence-electron chi connectivity index (χ0n) is 16.2. The lowest BCUT2D eigenvalue weighted by molar-refractivity contribution is 0.0941. The molecule has 0 aliphatic rings. The summed E-state index contributed by atoms with van der Waals surface area (Å²) in [5.41, 5.74) is 1.89. The van der Waals surface area contributed by atoms with Crippen molar-refractivity contribution < 1.29 is 9.18 Å². The highest BCUT2D eigenvalue weighted by atomic mass is 35.5. The van der Waals surface area contributed by atoms with Gasteiger partial charge in [-0.25, -0.2) is 9.37 Å². The molecular weight excluding hydrogens is 405 g/mol. The van der Waals surface area contributed by atoms with Crippen LogP contribution in [0.15, 0.2) is 73.3 Å². The summed E-state index contributed by atoms with van der Waals surface area (Å²) in [6.45, 7) is 0.444. The van der Waals surface area contributed by atoms with Gasteiger partial charge in [0.05, 0.1) is 18.3 Å². The standard InChI is InChI=1S/C22H19ClFN5O/c1-28-10-9-25-21(28)20(15-6-4-7-18(24)11-15)27-22(30)17-12-26-29(14-17)13-16-5-2-3-8-19(16)23/h2-12,14,20H,13H2,1H3,(H,27,30). The van der Waals surface area contributed by atoms with E-state index in [1.807, 2.05) is 31.3 Å². The van der Waals surface area contributed by atoms with Crippen LogP contribution in [-0.4, -0.2) is 25.2 Å². The van der Waals surface area contributed by atoms with Crippen LogP contribution in [-0.2, 0) is 13.6 Å². The van der Waals surface area contributed by atoms with Crippen LogP contribution in [0.5, 0.6) is 0 Å². The zero-order valence-corrected chi connectivity index (χ0v) is 16.9. The monoisotopic (exact) mass is 423 g/mol. The third-order valence-electron chi connectivity index (χ3n) is 4.76. The number of nitrogens with zero attached hydrogens (tertiary/aromatic N) is 4. The molecule has 0 aliphatic heterocycles. The fourth-order valence-electron chi connectivity index (χ4n) is 3.22. The summed E-state index contributed by atoms with van der Waals surface area (Å²) < 4.78 is 17.2. The van der Waals surface area contributed by atoms with E-state index in [0.717, 1.165) is 5.56 Å². The number of imidazole rings is 1. The lowest BCUT2D eigenvalue weighted by Gasteiger charge is -2.19. The molecule has 0 saturated heterocycles. The van der Waals surface area contributed by atoms with Crippen molar-refractivity contribution in [2.24, 2.45) is 7.05 Å². The van der Waals surface area contributed by atoms with E-state index in [0.29, 0.717) is 28.5 Å². The van der Waals surface area contributed by atoms with Gasteiger partial charge in [-0.1, -0.05) is 41.9 Å². The van der Waals surface area contributed by atoms with E-state index in [9.17, 15) is 9.18 Å². The Labute approximate surface area is 177 Å². The minimum Gasteiger partial charge on any atom is -0.338 e. The predicted octanol–water partition coefficient (Wildman–Crippen LogP) is 3.98. The first-order valence-corrected chi connectivity index (χ1v) is 9.68. The Bertz CT molecular complexity index is 1190. The third-order valence-corrected chi connectivity index (χ3v) is 5.13. The van der Waals surface area contributed by atoms with Gasteiger partial charge in [-0.05, 0) is 29.3 Å². The lowest BCUT2D eigenvalue weighted by Crippen LogP contribution is -2.31. The van der Waals surface area contributed by atoms with Crippen LogP contribution >= 0.6 is 11.6 Å². The topological polar surface area (TPSA) is 64.7 Å². The Balaban J connectivity index is 1.57. The number of carbonyl (C=O) groups is 1. The molecule has 30 heavy (non-hydrogen) atoms. The Morgan fingerprint density at radius 2 is 2.07 bits per heavy atom. The van der Waals surface area contributed by atoms with Crippen LogP contribution in [0.2, 0.25) is 5.02 Å². The van der Waals surface area contributed by atoms with Gasteiger partial charge in [0.2, 0.25) is 0 Å². The van der Waals surface area contributed by atoms with Crippen LogP contribution in [0, 0.1) is 5.82 Å². The van der Waals surface area contributed by atoms with Gasteiger partial charge in [-0.15, -0.1) is 0 Å². The van der Waals surface area contributed by atoms with Gasteiger partial charge in [0, 0.05) is 30.7 Å². The van der Waals surface area contributed by atoms with E-state index in [-0.39, 0.29) is 11.7 Å². The summed E-state index contributed by atoms with van der Waals surface area (Å²) in [6.07, 6.45) is 6.55. The normalized spacial score (nSPS) is 12.0. The third kappa shape index (κ3) is 4.26. The van der Waals surface area contributed by atoms with Gasteiger partial charge in [-0.3, -0.25) is 9.48 Å². The summed E-state index contributed by atoms with van der Waals surface area (Å²) in [7, 11) is 1.82. The first-order chi connectivity index (χ1) is 14.5. The minimum atomic E-state index is -0.611. The molecule has 1 amide bonds. The smallest absolute Gasteiger partial charge is 0.255 e. The first-order valence-electron chi connectivity index (χ1n) is 9.30. The number of aryl methyl sites for hydroxylation is 1. The van der Waals surface area contributed by atoms with E-state index >= 15 is 0 Å². The second-order valence-electron chi connectivity index (χ2n) is 6.88. The van der Waals surface area contributed by atoms with Crippen molar-refractivity contribution >= 4 is 17.5 Å². The van der Waals surface area contributed by atoms with E-state index in [1.165, 1.54) is 18.3 Å². The molecular formula is C22H19ClFN5O. The molecule has 0 saturated carbocycles. The van der Waals surface area contributed by atoms with E-state index < -0.39 is 6.04 Å². The number of carbonyl (C=O) groups excluding carboxylic acids is 1. The van der Waals surface area contributed by atoms with Gasteiger partial charge in [0.15, 0.2) is 0 Å². The quantitative estimate of drug-likeness (QED) is 0.510. The first kappa shape index (κ1) is 19.8. The average Bonchev–Trinajstić information content (AvgIpc) is 3.37. The van der Waals surface area contributed by atoms with Crippen molar-refractivity contribution in [1.82, 2.24) is 24.6 Å². The average molecular weight is 424 g/mol. The van der Waals surface area contributed by atoms with Gasteiger partial charge in [-0.2, -0.15) is 5.10 Å². The van der Waals surface area contributed by atoms with Crippen LogP contribution in [0.4, 0.5) is 4.39 Å². The summed E-state index contributed by atoms with van der Waals surface area (Å²) in [5.74, 6) is -0.122. The molecule has 2 aromatic heterocycles. The summed E-state index contributed by atoms with van der Waals surface area (Å²) >= 11 is 6.20. The Morgan fingerprint density at radius 1 is 1.23 bits per heavy atom. The fourth-order valence-corrected chi connectivity index (χ4v) is 3.42. The number of hydrogen-bond acceptors (Lipinski definition) is 3. The van der Waals surface area contributed by atoms with Gasteiger partial charge < -0.3 is 9.88 Å². The van der Waals surface area contributed by atoms with E-state index in [1.54, 1.807) is 40.0 Å². The molecule has 1 N–H and O–H groups in total. The number of benzene rings is 2. The van der Waals surface area contributed by atoms with Crippen LogP contribution in [0.3, 0.4) is 0 Å². The highest BCUT2D eigenvalue weighted by molar-refractivity contribution is 6.31. The molecule has 0 radical (unpaired) electrons. The van der Waals surface area contributed by atoms with Gasteiger partial charge >= 0.3 is 0 Å². The number of aromatic nitrogens is 4. The van der Waals surface area contributed by atoms with E-state index in [2.05, 4.69) is 15.4 Å². The molecule has 0 fully saturated rings. The molecule has 0 bridgehead atoms. The van der Waals surface area contributed by atoms with Crippen LogP contribution in [0.25, 0.3) is 0 Å². The number of rotatable bonds is 6. The maximum absolute atomic E-state index is 13.8. The summed E-state index contributed by atoms with van der Waals surface area (Å²) in [5, 5.41) is 7.84. The fraction of sp³-hybridized carbons (Fsp3) is 0.136. The Kier molecular flexibility index (Phi) is 5.63. The van der Waals surface area contributed by atoms with Crippen molar-refractivity contribution in [2.45, 2.75) is 12.6 Å². The number of halogens is 2. The molecule has 152 valence electrons. The second-order valence-corrected chi connectivity index (χ2v) is 7.28. The van der Waals surface area contributed by atoms with E-state index in [4.69, 9.17) is 11.6 Å². The van der Waals surface area contributed by atoms with Gasteiger partial charge in [0.25, 0.3) is 5.91 Å². The molecule has 1 atom stereocenters. The lowest BCUT2D eigenvalue weighted by atomic mass is 10.1. The molecule has 4 aromatic rings. The molecule has 0 spiro atoms. The second kappa shape index (κ2) is 8.51. The molecule has 2 aromatic carbocycles. The number of hydrogen-bond donors (Lipinski definition) is 1. The predicted molar refractivity (Wildman–Crippen MR) is 112 cm³/mol.